The molecule has 0 aliphatic rings. The smallest absolute Gasteiger partial charge is 0.265 e. The van der Waals surface area contributed by atoms with Crippen LogP contribution < -0.4 is 16.0 Å². The minimum atomic E-state index is -4.26. The largest absolute Gasteiger partial charge is 0.368 e. The summed E-state index contributed by atoms with van der Waals surface area (Å²) in [4.78, 5) is 20.6. The minimum absolute atomic E-state index is 0.0694. The maximum atomic E-state index is 15.5. The molecule has 172 valence electrons. The van der Waals surface area contributed by atoms with Crippen molar-refractivity contribution in [3.63, 3.8) is 0 Å². The molecule has 13 heteroatoms. The van der Waals surface area contributed by atoms with Crippen molar-refractivity contribution < 1.29 is 17.2 Å². The second kappa shape index (κ2) is 7.62. The molecule has 3 N–H and O–H groups in total. The molecule has 10 nitrogen and oxygen atoms in total. The molecular weight excluding hydrogens is 456 g/mol. The number of anilines is 2. The molecule has 3 aromatic heterocycles. The molecule has 0 bridgehead atoms. The van der Waals surface area contributed by atoms with Crippen LogP contribution in [0.15, 0.2) is 34.1 Å². The van der Waals surface area contributed by atoms with Gasteiger partial charge in [-0.1, -0.05) is 0 Å². The SMILES string of the molecule is Cc1nn(C)c(C)c1S(=O)(=O)Nc1ccc(F)c(-c2cc3cnc(N)nc3n(C)c2=O)c1F. The van der Waals surface area contributed by atoms with Gasteiger partial charge >= 0.3 is 0 Å². The monoisotopic (exact) mass is 475 g/mol. The number of benzene rings is 1. The van der Waals surface area contributed by atoms with E-state index in [-0.39, 0.29) is 27.7 Å². The second-order valence-corrected chi connectivity index (χ2v) is 9.06. The highest BCUT2D eigenvalue weighted by molar-refractivity contribution is 7.92. The van der Waals surface area contributed by atoms with Crippen molar-refractivity contribution in [3.05, 3.63) is 57.8 Å². The van der Waals surface area contributed by atoms with Gasteiger partial charge in [-0.15, -0.1) is 0 Å². The molecule has 33 heavy (non-hydrogen) atoms. The highest BCUT2D eigenvalue weighted by Gasteiger charge is 2.27. The second-order valence-electron chi connectivity index (χ2n) is 7.44. The van der Waals surface area contributed by atoms with Gasteiger partial charge in [0, 0.05) is 25.7 Å². The van der Waals surface area contributed by atoms with Gasteiger partial charge in [0.05, 0.1) is 28.2 Å². The summed E-state index contributed by atoms with van der Waals surface area (Å²) in [7, 11) is -1.31. The van der Waals surface area contributed by atoms with Gasteiger partial charge in [0.1, 0.15) is 16.4 Å². The summed E-state index contributed by atoms with van der Waals surface area (Å²) in [6, 6.07) is 3.05. The highest BCUT2D eigenvalue weighted by atomic mass is 32.2. The van der Waals surface area contributed by atoms with Crippen molar-refractivity contribution in [1.82, 2.24) is 24.3 Å². The lowest BCUT2D eigenvalue weighted by molar-refractivity contribution is 0.587. The van der Waals surface area contributed by atoms with Crippen molar-refractivity contribution in [2.45, 2.75) is 18.7 Å². The van der Waals surface area contributed by atoms with Crippen LogP contribution in [0, 0.1) is 25.5 Å². The molecule has 0 radical (unpaired) electrons. The molecular formula is C20H19F2N7O3S. The number of fused-ring (bicyclic) bond motifs is 1. The van der Waals surface area contributed by atoms with E-state index in [9.17, 15) is 17.6 Å². The van der Waals surface area contributed by atoms with Gasteiger partial charge in [-0.05, 0) is 32.0 Å². The van der Waals surface area contributed by atoms with E-state index in [1.165, 1.54) is 30.9 Å². The highest BCUT2D eigenvalue weighted by Crippen LogP contribution is 2.32. The van der Waals surface area contributed by atoms with E-state index in [4.69, 9.17) is 5.73 Å². The standard InChI is InChI=1S/C20H19F2N7O3S/c1-9-17(10(2)29(4)26-9)33(31,32)27-14-6-5-13(21)15(16(14)22)12-7-11-8-24-20(23)25-18(11)28(3)19(12)30/h5-8,27H,1-4H3,(H2,23,24,25). The van der Waals surface area contributed by atoms with Crippen molar-refractivity contribution >= 4 is 32.7 Å². The predicted octanol–water partition coefficient (Wildman–Crippen LogP) is 2.01. The Balaban J connectivity index is 1.89. The van der Waals surface area contributed by atoms with E-state index in [1.807, 2.05) is 0 Å². The first-order chi connectivity index (χ1) is 15.4. The number of nitrogens with two attached hydrogens (primary N) is 1. The van der Waals surface area contributed by atoms with Crippen LogP contribution in [0.1, 0.15) is 11.4 Å². The minimum Gasteiger partial charge on any atom is -0.368 e. The first-order valence-electron chi connectivity index (χ1n) is 9.56. The Bertz CT molecular complexity index is 1610. The lowest BCUT2D eigenvalue weighted by Gasteiger charge is -2.14. The Morgan fingerprint density at radius 1 is 1.15 bits per heavy atom. The Hall–Kier alpha value is -3.87. The van der Waals surface area contributed by atoms with E-state index in [1.54, 1.807) is 14.0 Å². The average molecular weight is 475 g/mol. The summed E-state index contributed by atoms with van der Waals surface area (Å²) in [5, 5.41) is 4.37. The zero-order chi connectivity index (χ0) is 24.2. The van der Waals surface area contributed by atoms with Crippen LogP contribution in [-0.4, -0.2) is 32.7 Å². The quantitative estimate of drug-likeness (QED) is 0.460. The zero-order valence-corrected chi connectivity index (χ0v) is 18.8. The van der Waals surface area contributed by atoms with Crippen LogP contribution in [0.2, 0.25) is 0 Å². The summed E-state index contributed by atoms with van der Waals surface area (Å²) < 4.78 is 60.7. The zero-order valence-electron chi connectivity index (χ0n) is 18.0. The maximum Gasteiger partial charge on any atom is 0.265 e. The van der Waals surface area contributed by atoms with Gasteiger partial charge in [0.2, 0.25) is 5.95 Å². The van der Waals surface area contributed by atoms with E-state index < -0.39 is 38.5 Å². The number of pyridine rings is 1. The molecule has 0 atom stereocenters. The van der Waals surface area contributed by atoms with E-state index in [0.717, 1.165) is 16.7 Å². The molecule has 0 saturated heterocycles. The topological polar surface area (TPSA) is 138 Å². The summed E-state index contributed by atoms with van der Waals surface area (Å²) in [5.41, 5.74) is 4.00. The van der Waals surface area contributed by atoms with Crippen molar-refractivity contribution in [1.29, 1.82) is 0 Å². The first-order valence-corrected chi connectivity index (χ1v) is 11.0. The molecule has 1 aromatic carbocycles. The average Bonchev–Trinajstić information content (AvgIpc) is 3.00. The number of rotatable bonds is 4. The number of nitrogens with one attached hydrogen (secondary N) is 1. The van der Waals surface area contributed by atoms with Crippen LogP contribution in [-0.2, 0) is 24.1 Å². The summed E-state index contributed by atoms with van der Waals surface area (Å²) in [6.45, 7) is 3.05. The number of aryl methyl sites for hydroxylation is 3. The summed E-state index contributed by atoms with van der Waals surface area (Å²) in [5.74, 6) is -2.36. The van der Waals surface area contributed by atoms with Gasteiger partial charge < -0.3 is 5.73 Å². The van der Waals surface area contributed by atoms with Crippen molar-refractivity contribution in [2.24, 2.45) is 14.1 Å². The lowest BCUT2D eigenvalue weighted by atomic mass is 10.0. The fourth-order valence-corrected chi connectivity index (χ4v) is 5.16. The third-order valence-corrected chi connectivity index (χ3v) is 6.90. The fraction of sp³-hybridized carbons (Fsp3) is 0.200. The predicted molar refractivity (Wildman–Crippen MR) is 118 cm³/mol. The number of nitrogens with zero attached hydrogens (tertiary/aromatic N) is 5. The van der Waals surface area contributed by atoms with Gasteiger partial charge in [-0.2, -0.15) is 10.1 Å². The third-order valence-electron chi connectivity index (χ3n) is 5.28. The van der Waals surface area contributed by atoms with E-state index in [2.05, 4.69) is 19.8 Å². The fourth-order valence-electron chi connectivity index (χ4n) is 3.66. The molecule has 0 aliphatic carbocycles. The molecule has 0 saturated carbocycles. The Kier molecular flexibility index (Phi) is 5.16. The number of sulfonamides is 1. The Morgan fingerprint density at radius 3 is 2.48 bits per heavy atom. The molecule has 0 aliphatic heterocycles. The summed E-state index contributed by atoms with van der Waals surface area (Å²) >= 11 is 0. The van der Waals surface area contributed by atoms with Gasteiger partial charge in [0.15, 0.2) is 5.82 Å². The van der Waals surface area contributed by atoms with E-state index in [0.29, 0.717) is 11.1 Å². The van der Waals surface area contributed by atoms with Crippen LogP contribution in [0.4, 0.5) is 20.4 Å². The number of nitrogen functional groups attached to an aromatic ring is 1. The summed E-state index contributed by atoms with van der Waals surface area (Å²) in [6.07, 6.45) is 1.32. The van der Waals surface area contributed by atoms with Gasteiger partial charge in [-0.3, -0.25) is 18.8 Å². The molecule has 4 rings (SSSR count). The molecule has 0 amide bonds. The van der Waals surface area contributed by atoms with Crippen molar-refractivity contribution in [2.75, 3.05) is 10.5 Å². The first kappa shape index (κ1) is 22.3. The molecule has 3 heterocycles. The third kappa shape index (κ3) is 3.59. The molecule has 0 spiro atoms. The number of aromatic nitrogens is 5. The molecule has 4 aromatic rings. The Labute approximate surface area is 186 Å². The van der Waals surface area contributed by atoms with Gasteiger partial charge in [0.25, 0.3) is 15.6 Å². The lowest BCUT2D eigenvalue weighted by Crippen LogP contribution is -2.21. The maximum absolute atomic E-state index is 15.5. The number of halogens is 2. The van der Waals surface area contributed by atoms with Crippen LogP contribution in [0.25, 0.3) is 22.2 Å². The molecule has 0 unspecified atom stereocenters. The Morgan fingerprint density at radius 2 is 1.85 bits per heavy atom. The molecule has 0 fully saturated rings. The van der Waals surface area contributed by atoms with E-state index >= 15 is 4.39 Å². The van der Waals surface area contributed by atoms with Crippen LogP contribution in [0.3, 0.4) is 0 Å². The van der Waals surface area contributed by atoms with Crippen LogP contribution >= 0.6 is 0 Å². The number of hydrogen-bond donors (Lipinski definition) is 2. The van der Waals surface area contributed by atoms with Gasteiger partial charge in [-0.25, -0.2) is 22.2 Å². The van der Waals surface area contributed by atoms with Crippen molar-refractivity contribution in [3.8, 4) is 11.1 Å². The number of hydrogen-bond acceptors (Lipinski definition) is 7. The normalized spacial score (nSPS) is 11.8. The van der Waals surface area contributed by atoms with Crippen LogP contribution in [0.5, 0.6) is 0 Å².